The third-order valence-corrected chi connectivity index (χ3v) is 6.31. The lowest BCUT2D eigenvalue weighted by atomic mass is 10.0. The number of carbonyl (C=O) groups is 1. The molecule has 5 nitrogen and oxygen atoms in total. The van der Waals surface area contributed by atoms with E-state index in [1.54, 1.807) is 36.4 Å². The van der Waals surface area contributed by atoms with Gasteiger partial charge in [-0.3, -0.25) is 9.10 Å². The first kappa shape index (κ1) is 18.5. The minimum atomic E-state index is -3.68. The number of sulfonamides is 1. The molecule has 2 aromatic carbocycles. The second-order valence-electron chi connectivity index (χ2n) is 5.98. The van der Waals surface area contributed by atoms with Gasteiger partial charge in [0.1, 0.15) is 0 Å². The molecule has 0 aliphatic carbocycles. The van der Waals surface area contributed by atoms with Crippen LogP contribution in [0.1, 0.15) is 22.3 Å². The highest BCUT2D eigenvalue weighted by molar-refractivity contribution is 7.92. The van der Waals surface area contributed by atoms with Crippen molar-refractivity contribution < 1.29 is 13.2 Å². The van der Waals surface area contributed by atoms with Gasteiger partial charge in [0, 0.05) is 23.7 Å². The third kappa shape index (κ3) is 3.61. The molecule has 1 heterocycles. The molecule has 1 amide bonds. The minimum absolute atomic E-state index is 0.197. The number of rotatable bonds is 5. The highest BCUT2D eigenvalue weighted by atomic mass is 35.5. The van der Waals surface area contributed by atoms with Crippen LogP contribution in [0.3, 0.4) is 0 Å². The Balaban J connectivity index is 1.95. The maximum Gasteiger partial charge on any atom is 0.264 e. The second-order valence-corrected chi connectivity index (χ2v) is 8.28. The standard InChI is InChI=1S/C19H19ClN2O3S/c1-2-11-21-19(23)15-5-10-18-14(13-15)4-3-12-22(18)26(24,25)17-8-6-16(20)7-9-17/h2,5-10,13H,1,3-4,11-12H2,(H,21,23). The first-order chi connectivity index (χ1) is 12.4. The molecular weight excluding hydrogens is 372 g/mol. The summed E-state index contributed by atoms with van der Waals surface area (Å²) in [5.41, 5.74) is 1.97. The Bertz CT molecular complexity index is 940. The highest BCUT2D eigenvalue weighted by Crippen LogP contribution is 2.33. The summed E-state index contributed by atoms with van der Waals surface area (Å²) in [6.07, 6.45) is 3.03. The van der Waals surface area contributed by atoms with E-state index in [2.05, 4.69) is 11.9 Å². The summed E-state index contributed by atoms with van der Waals surface area (Å²) in [6.45, 7) is 4.36. The summed E-state index contributed by atoms with van der Waals surface area (Å²) in [4.78, 5) is 12.3. The van der Waals surface area contributed by atoms with Gasteiger partial charge in [-0.05, 0) is 60.9 Å². The molecule has 26 heavy (non-hydrogen) atoms. The number of benzene rings is 2. The fourth-order valence-corrected chi connectivity index (χ4v) is 4.62. The van der Waals surface area contributed by atoms with Crippen LogP contribution in [0.25, 0.3) is 0 Å². The van der Waals surface area contributed by atoms with Crippen LogP contribution in [-0.4, -0.2) is 27.4 Å². The molecule has 0 spiro atoms. The number of anilines is 1. The SMILES string of the molecule is C=CCNC(=O)c1ccc2c(c1)CCCN2S(=O)(=O)c1ccc(Cl)cc1. The van der Waals surface area contributed by atoms with Gasteiger partial charge < -0.3 is 5.32 Å². The Morgan fingerprint density at radius 2 is 1.96 bits per heavy atom. The second kappa shape index (κ2) is 7.51. The molecule has 0 fully saturated rings. The number of fused-ring (bicyclic) bond motifs is 1. The Kier molecular flexibility index (Phi) is 5.34. The quantitative estimate of drug-likeness (QED) is 0.795. The zero-order valence-electron chi connectivity index (χ0n) is 14.1. The van der Waals surface area contributed by atoms with E-state index in [9.17, 15) is 13.2 Å². The van der Waals surface area contributed by atoms with E-state index < -0.39 is 10.0 Å². The number of hydrogen-bond donors (Lipinski definition) is 1. The van der Waals surface area contributed by atoms with Gasteiger partial charge in [0.05, 0.1) is 10.6 Å². The minimum Gasteiger partial charge on any atom is -0.349 e. The maximum absolute atomic E-state index is 13.0. The van der Waals surface area contributed by atoms with Crippen LogP contribution >= 0.6 is 11.6 Å². The zero-order valence-corrected chi connectivity index (χ0v) is 15.7. The van der Waals surface area contributed by atoms with E-state index in [4.69, 9.17) is 11.6 Å². The topological polar surface area (TPSA) is 66.5 Å². The lowest BCUT2D eigenvalue weighted by Gasteiger charge is -2.30. The number of carbonyl (C=O) groups excluding carboxylic acids is 1. The summed E-state index contributed by atoms with van der Waals surface area (Å²) in [6, 6.07) is 11.2. The monoisotopic (exact) mass is 390 g/mol. The van der Waals surface area contributed by atoms with Crippen molar-refractivity contribution in [1.82, 2.24) is 5.32 Å². The highest BCUT2D eigenvalue weighted by Gasteiger charge is 2.29. The molecule has 1 N–H and O–H groups in total. The van der Waals surface area contributed by atoms with Gasteiger partial charge in [0.2, 0.25) is 0 Å². The predicted octanol–water partition coefficient (Wildman–Crippen LogP) is 3.40. The zero-order chi connectivity index (χ0) is 18.7. The van der Waals surface area contributed by atoms with Crippen LogP contribution in [0.15, 0.2) is 60.0 Å². The number of hydrogen-bond acceptors (Lipinski definition) is 3. The molecule has 0 aromatic heterocycles. The fraction of sp³-hybridized carbons (Fsp3) is 0.211. The van der Waals surface area contributed by atoms with Crippen molar-refractivity contribution in [3.8, 4) is 0 Å². The smallest absolute Gasteiger partial charge is 0.264 e. The van der Waals surface area contributed by atoms with Gasteiger partial charge in [-0.1, -0.05) is 17.7 Å². The van der Waals surface area contributed by atoms with Gasteiger partial charge in [-0.15, -0.1) is 6.58 Å². The van der Waals surface area contributed by atoms with Crippen LogP contribution in [0.2, 0.25) is 5.02 Å². The summed E-state index contributed by atoms with van der Waals surface area (Å²) in [5.74, 6) is -0.203. The van der Waals surface area contributed by atoms with E-state index in [1.165, 1.54) is 16.4 Å². The van der Waals surface area contributed by atoms with Crippen LogP contribution in [0, 0.1) is 0 Å². The van der Waals surface area contributed by atoms with Crippen molar-refractivity contribution in [1.29, 1.82) is 0 Å². The van der Waals surface area contributed by atoms with E-state index >= 15 is 0 Å². The maximum atomic E-state index is 13.0. The number of amides is 1. The summed E-state index contributed by atoms with van der Waals surface area (Å²) in [5, 5.41) is 3.21. The molecule has 3 rings (SSSR count). The third-order valence-electron chi connectivity index (χ3n) is 4.23. The van der Waals surface area contributed by atoms with Crippen molar-refractivity contribution in [3.63, 3.8) is 0 Å². The fourth-order valence-electron chi connectivity index (χ4n) is 2.95. The first-order valence-electron chi connectivity index (χ1n) is 8.24. The normalized spacial score (nSPS) is 13.8. The largest absolute Gasteiger partial charge is 0.349 e. The molecule has 0 unspecified atom stereocenters. The first-order valence-corrected chi connectivity index (χ1v) is 10.1. The van der Waals surface area contributed by atoms with Crippen LogP contribution in [0.4, 0.5) is 5.69 Å². The van der Waals surface area contributed by atoms with Crippen LogP contribution < -0.4 is 9.62 Å². The van der Waals surface area contributed by atoms with Gasteiger partial charge >= 0.3 is 0 Å². The number of halogens is 1. The summed E-state index contributed by atoms with van der Waals surface area (Å²) < 4.78 is 27.4. The van der Waals surface area contributed by atoms with Crippen molar-refractivity contribution in [3.05, 3.63) is 71.3 Å². The predicted molar refractivity (Wildman–Crippen MR) is 103 cm³/mol. The van der Waals surface area contributed by atoms with E-state index in [0.717, 1.165) is 12.0 Å². The van der Waals surface area contributed by atoms with Crippen LogP contribution in [-0.2, 0) is 16.4 Å². The number of nitrogens with one attached hydrogen (secondary N) is 1. The molecule has 1 aliphatic rings. The van der Waals surface area contributed by atoms with E-state index in [0.29, 0.717) is 35.8 Å². The Labute approximate surface area is 158 Å². The van der Waals surface area contributed by atoms with Crippen LogP contribution in [0.5, 0.6) is 0 Å². The number of aryl methyl sites for hydroxylation is 1. The van der Waals surface area contributed by atoms with Crippen molar-refractivity contribution in [2.24, 2.45) is 0 Å². The van der Waals surface area contributed by atoms with Gasteiger partial charge in [0.15, 0.2) is 0 Å². The molecule has 0 atom stereocenters. The summed E-state index contributed by atoms with van der Waals surface area (Å²) >= 11 is 5.86. The molecule has 0 saturated carbocycles. The van der Waals surface area contributed by atoms with Crippen molar-refractivity contribution in [2.75, 3.05) is 17.4 Å². The van der Waals surface area contributed by atoms with Gasteiger partial charge in [-0.25, -0.2) is 8.42 Å². The van der Waals surface area contributed by atoms with Gasteiger partial charge in [0.25, 0.3) is 15.9 Å². The molecule has 1 aliphatic heterocycles. The van der Waals surface area contributed by atoms with E-state index in [-0.39, 0.29) is 10.8 Å². The lowest BCUT2D eigenvalue weighted by Crippen LogP contribution is -2.35. The van der Waals surface area contributed by atoms with E-state index in [1.807, 2.05) is 0 Å². The average molecular weight is 391 g/mol. The average Bonchev–Trinajstić information content (AvgIpc) is 2.65. The Morgan fingerprint density at radius 3 is 2.65 bits per heavy atom. The lowest BCUT2D eigenvalue weighted by molar-refractivity contribution is 0.0958. The summed E-state index contributed by atoms with van der Waals surface area (Å²) in [7, 11) is -3.68. The number of nitrogens with zero attached hydrogens (tertiary/aromatic N) is 1. The molecule has 2 aromatic rings. The molecule has 136 valence electrons. The molecule has 0 saturated heterocycles. The Hall–Kier alpha value is -2.31. The van der Waals surface area contributed by atoms with Crippen molar-refractivity contribution >= 4 is 33.2 Å². The Morgan fingerprint density at radius 1 is 1.23 bits per heavy atom. The van der Waals surface area contributed by atoms with Crippen molar-refractivity contribution in [2.45, 2.75) is 17.7 Å². The molecule has 7 heteroatoms. The molecule has 0 bridgehead atoms. The molecule has 0 radical (unpaired) electrons. The molecular formula is C19H19ClN2O3S. The van der Waals surface area contributed by atoms with Gasteiger partial charge in [-0.2, -0.15) is 0 Å².